The standard InChI is InChI=1S/C22H23FN4O3/c1-2-3-4-5-13-24-22(28)21-15-20(16-9-11-17(23)12-10-16)25-26(21)18-7-6-8-19(14-18)27(29)30/h6-12,14-15H,2-5,13H2,1H3,(H,24,28). The van der Waals surface area contributed by atoms with Crippen molar-refractivity contribution < 1.29 is 14.1 Å². The Hall–Kier alpha value is -3.55. The van der Waals surface area contributed by atoms with E-state index in [4.69, 9.17) is 0 Å². The molecule has 3 rings (SSSR count). The van der Waals surface area contributed by atoms with Crippen LogP contribution >= 0.6 is 0 Å². The minimum absolute atomic E-state index is 0.0998. The molecule has 0 atom stereocenters. The van der Waals surface area contributed by atoms with Crippen LogP contribution in [0.2, 0.25) is 0 Å². The lowest BCUT2D eigenvalue weighted by molar-refractivity contribution is -0.384. The van der Waals surface area contributed by atoms with Gasteiger partial charge in [0.05, 0.1) is 16.3 Å². The summed E-state index contributed by atoms with van der Waals surface area (Å²) >= 11 is 0. The number of benzene rings is 2. The summed E-state index contributed by atoms with van der Waals surface area (Å²) in [6, 6.07) is 13.3. The fourth-order valence-electron chi connectivity index (χ4n) is 3.08. The second-order valence-corrected chi connectivity index (χ2v) is 6.93. The van der Waals surface area contributed by atoms with Gasteiger partial charge in [0.1, 0.15) is 11.5 Å². The zero-order valence-electron chi connectivity index (χ0n) is 16.7. The summed E-state index contributed by atoms with van der Waals surface area (Å²) in [5.41, 5.74) is 1.66. The van der Waals surface area contributed by atoms with E-state index in [9.17, 15) is 19.3 Å². The number of unbranched alkanes of at least 4 members (excludes halogenated alkanes) is 3. The zero-order chi connectivity index (χ0) is 21.5. The maximum Gasteiger partial charge on any atom is 0.271 e. The third kappa shape index (κ3) is 5.08. The van der Waals surface area contributed by atoms with Crippen molar-refractivity contribution in [2.45, 2.75) is 32.6 Å². The van der Waals surface area contributed by atoms with Crippen molar-refractivity contribution in [3.05, 3.63) is 76.2 Å². The predicted octanol–water partition coefficient (Wildman–Crippen LogP) is 4.90. The van der Waals surface area contributed by atoms with E-state index >= 15 is 0 Å². The molecule has 7 nitrogen and oxygen atoms in total. The highest BCUT2D eigenvalue weighted by Gasteiger charge is 2.19. The summed E-state index contributed by atoms with van der Waals surface area (Å²) in [4.78, 5) is 23.5. The van der Waals surface area contributed by atoms with Gasteiger partial charge in [-0.15, -0.1) is 0 Å². The summed E-state index contributed by atoms with van der Waals surface area (Å²) < 4.78 is 14.7. The SMILES string of the molecule is CCCCCCNC(=O)c1cc(-c2ccc(F)cc2)nn1-c1cccc([N+](=O)[O-])c1. The van der Waals surface area contributed by atoms with E-state index in [1.165, 1.54) is 28.9 Å². The van der Waals surface area contributed by atoms with Gasteiger partial charge in [0.15, 0.2) is 0 Å². The van der Waals surface area contributed by atoms with Gasteiger partial charge >= 0.3 is 0 Å². The van der Waals surface area contributed by atoms with Crippen LogP contribution in [0.1, 0.15) is 43.1 Å². The van der Waals surface area contributed by atoms with Gasteiger partial charge < -0.3 is 5.32 Å². The zero-order valence-corrected chi connectivity index (χ0v) is 16.7. The van der Waals surface area contributed by atoms with Crippen molar-refractivity contribution in [2.24, 2.45) is 0 Å². The Bertz CT molecular complexity index is 1030. The van der Waals surface area contributed by atoms with Gasteiger partial charge in [-0.05, 0) is 42.8 Å². The predicted molar refractivity (Wildman–Crippen MR) is 112 cm³/mol. The van der Waals surface area contributed by atoms with Crippen LogP contribution < -0.4 is 5.32 Å². The minimum Gasteiger partial charge on any atom is -0.351 e. The summed E-state index contributed by atoms with van der Waals surface area (Å²) in [5.74, 6) is -0.694. The lowest BCUT2D eigenvalue weighted by atomic mass is 10.1. The number of aromatic nitrogens is 2. The Labute approximate surface area is 173 Å². The minimum atomic E-state index is -0.499. The summed E-state index contributed by atoms with van der Waals surface area (Å²) in [6.07, 6.45) is 4.11. The molecule has 1 amide bonds. The van der Waals surface area contributed by atoms with Gasteiger partial charge in [-0.3, -0.25) is 14.9 Å². The number of rotatable bonds is 9. The van der Waals surface area contributed by atoms with Gasteiger partial charge in [0.25, 0.3) is 11.6 Å². The van der Waals surface area contributed by atoms with Gasteiger partial charge in [-0.1, -0.05) is 32.3 Å². The number of hydrogen-bond acceptors (Lipinski definition) is 4. The van der Waals surface area contributed by atoms with E-state index in [-0.39, 0.29) is 23.1 Å². The van der Waals surface area contributed by atoms with Crippen LogP contribution in [-0.4, -0.2) is 27.2 Å². The number of non-ortho nitro benzene ring substituents is 1. The van der Waals surface area contributed by atoms with Crippen LogP contribution in [0.4, 0.5) is 10.1 Å². The topological polar surface area (TPSA) is 90.1 Å². The fourth-order valence-corrected chi connectivity index (χ4v) is 3.08. The lowest BCUT2D eigenvalue weighted by Gasteiger charge is -2.08. The van der Waals surface area contributed by atoms with Gasteiger partial charge in [0, 0.05) is 24.2 Å². The average molecular weight is 410 g/mol. The largest absolute Gasteiger partial charge is 0.351 e. The monoisotopic (exact) mass is 410 g/mol. The summed E-state index contributed by atoms with van der Waals surface area (Å²) in [5, 5.41) is 18.5. The Morgan fingerprint density at radius 2 is 1.90 bits per heavy atom. The number of amides is 1. The Morgan fingerprint density at radius 3 is 2.60 bits per heavy atom. The maximum atomic E-state index is 13.3. The van der Waals surface area contributed by atoms with Crippen LogP contribution in [0, 0.1) is 15.9 Å². The third-order valence-corrected chi connectivity index (χ3v) is 4.68. The first kappa shape index (κ1) is 21.2. The smallest absolute Gasteiger partial charge is 0.271 e. The van der Waals surface area contributed by atoms with Crippen molar-refractivity contribution in [3.8, 4) is 16.9 Å². The number of hydrogen-bond donors (Lipinski definition) is 1. The van der Waals surface area contributed by atoms with E-state index in [0.717, 1.165) is 25.7 Å². The highest BCUT2D eigenvalue weighted by Crippen LogP contribution is 2.24. The van der Waals surface area contributed by atoms with Gasteiger partial charge in [-0.25, -0.2) is 9.07 Å². The van der Waals surface area contributed by atoms with Crippen molar-refractivity contribution in [1.29, 1.82) is 0 Å². The molecule has 0 aliphatic rings. The molecule has 2 aromatic carbocycles. The number of carbonyl (C=O) groups excluding carboxylic acids is 1. The molecule has 3 aromatic rings. The van der Waals surface area contributed by atoms with E-state index in [2.05, 4.69) is 17.3 Å². The number of halogens is 1. The Morgan fingerprint density at radius 1 is 1.13 bits per heavy atom. The Kier molecular flexibility index (Phi) is 6.90. The number of nitrogens with zero attached hydrogens (tertiary/aromatic N) is 3. The van der Waals surface area contributed by atoms with E-state index < -0.39 is 4.92 Å². The van der Waals surface area contributed by atoms with Crippen molar-refractivity contribution in [3.63, 3.8) is 0 Å². The van der Waals surface area contributed by atoms with Crippen LogP contribution in [-0.2, 0) is 0 Å². The van der Waals surface area contributed by atoms with Crippen LogP contribution in [0.3, 0.4) is 0 Å². The molecule has 0 aliphatic carbocycles. The lowest BCUT2D eigenvalue weighted by Crippen LogP contribution is -2.26. The molecular weight excluding hydrogens is 387 g/mol. The average Bonchev–Trinajstić information content (AvgIpc) is 3.19. The van der Waals surface area contributed by atoms with Crippen LogP contribution in [0.15, 0.2) is 54.6 Å². The fraction of sp³-hybridized carbons (Fsp3) is 0.273. The molecule has 0 unspecified atom stereocenters. The summed E-state index contributed by atoms with van der Waals surface area (Å²) in [6.45, 7) is 2.65. The molecule has 1 aromatic heterocycles. The van der Waals surface area contributed by atoms with Crippen molar-refractivity contribution >= 4 is 11.6 Å². The first-order chi connectivity index (χ1) is 14.5. The molecule has 0 fully saturated rings. The van der Waals surface area contributed by atoms with E-state index in [1.807, 2.05) is 0 Å². The molecule has 0 saturated carbocycles. The molecule has 8 heteroatoms. The molecule has 1 heterocycles. The van der Waals surface area contributed by atoms with Gasteiger partial charge in [0.2, 0.25) is 0 Å². The second-order valence-electron chi connectivity index (χ2n) is 6.93. The molecule has 0 radical (unpaired) electrons. The molecule has 30 heavy (non-hydrogen) atoms. The highest BCUT2D eigenvalue weighted by atomic mass is 19.1. The Balaban J connectivity index is 1.94. The van der Waals surface area contributed by atoms with Gasteiger partial charge in [-0.2, -0.15) is 5.10 Å². The van der Waals surface area contributed by atoms with Crippen molar-refractivity contribution in [1.82, 2.24) is 15.1 Å². The molecule has 0 bridgehead atoms. The number of nitro benzene ring substituents is 1. The first-order valence-corrected chi connectivity index (χ1v) is 9.88. The third-order valence-electron chi connectivity index (χ3n) is 4.68. The van der Waals surface area contributed by atoms with Crippen molar-refractivity contribution in [2.75, 3.05) is 6.54 Å². The number of nitrogens with one attached hydrogen (secondary N) is 1. The highest BCUT2D eigenvalue weighted by molar-refractivity contribution is 5.94. The quantitative estimate of drug-likeness (QED) is 0.309. The molecule has 1 N–H and O–H groups in total. The van der Waals surface area contributed by atoms with Crippen LogP contribution in [0.5, 0.6) is 0 Å². The first-order valence-electron chi connectivity index (χ1n) is 9.88. The van der Waals surface area contributed by atoms with Crippen LogP contribution in [0.25, 0.3) is 16.9 Å². The number of nitro groups is 1. The molecule has 156 valence electrons. The summed E-state index contributed by atoms with van der Waals surface area (Å²) in [7, 11) is 0. The molecule has 0 aliphatic heterocycles. The maximum absolute atomic E-state index is 13.3. The molecule has 0 spiro atoms. The number of carbonyl (C=O) groups is 1. The molecular formula is C22H23FN4O3. The van der Waals surface area contributed by atoms with E-state index in [0.29, 0.717) is 23.5 Å². The second kappa shape index (κ2) is 9.78. The normalized spacial score (nSPS) is 10.7. The van der Waals surface area contributed by atoms with E-state index in [1.54, 1.807) is 30.3 Å². The molecule has 0 saturated heterocycles.